The molecule has 0 aliphatic carbocycles. The van der Waals surface area contributed by atoms with E-state index < -0.39 is 17.6 Å². The smallest absolute Gasteiger partial charge is 0.355 e. The van der Waals surface area contributed by atoms with Crippen molar-refractivity contribution in [3.63, 3.8) is 0 Å². The maximum Gasteiger partial charge on any atom is 0.401 e. The zero-order chi connectivity index (χ0) is 17.7. The molecule has 0 spiro atoms. The monoisotopic (exact) mass is 345 g/mol. The third-order valence-corrected chi connectivity index (χ3v) is 3.90. The number of nitrogens with zero attached hydrogens (tertiary/aromatic N) is 2. The van der Waals surface area contributed by atoms with E-state index >= 15 is 0 Å². The third kappa shape index (κ3) is 5.48. The van der Waals surface area contributed by atoms with Gasteiger partial charge in [0.1, 0.15) is 0 Å². The molecule has 132 valence electrons. The molecular weight excluding hydrogens is 327 g/mol. The van der Waals surface area contributed by atoms with E-state index in [0.717, 1.165) is 0 Å². The van der Waals surface area contributed by atoms with Crippen LogP contribution in [0.5, 0.6) is 0 Å². The Balaban J connectivity index is 1.79. The minimum Gasteiger partial charge on any atom is -0.355 e. The lowest BCUT2D eigenvalue weighted by molar-refractivity contribution is -0.385. The van der Waals surface area contributed by atoms with Crippen molar-refractivity contribution in [1.82, 2.24) is 10.2 Å². The van der Waals surface area contributed by atoms with Gasteiger partial charge in [-0.05, 0) is 18.9 Å². The first kappa shape index (κ1) is 18.2. The van der Waals surface area contributed by atoms with Crippen molar-refractivity contribution in [3.05, 3.63) is 39.9 Å². The first-order valence-corrected chi connectivity index (χ1v) is 7.52. The van der Waals surface area contributed by atoms with Gasteiger partial charge in [-0.25, -0.2) is 0 Å². The zero-order valence-corrected chi connectivity index (χ0v) is 12.9. The summed E-state index contributed by atoms with van der Waals surface area (Å²) in [5.74, 6) is -0.416. The largest absolute Gasteiger partial charge is 0.401 e. The van der Waals surface area contributed by atoms with Crippen LogP contribution in [0, 0.1) is 16.0 Å². The summed E-state index contributed by atoms with van der Waals surface area (Å²) in [7, 11) is 0. The minimum absolute atomic E-state index is 0.0398. The van der Waals surface area contributed by atoms with Crippen molar-refractivity contribution in [2.75, 3.05) is 26.2 Å². The SMILES string of the molecule is O=C(Cc1ccccc1[N+](=O)[O-])NCC1CCN(CC(F)(F)F)C1. The fraction of sp³-hybridized carbons (Fsp3) is 0.533. The van der Waals surface area contributed by atoms with Gasteiger partial charge < -0.3 is 5.32 Å². The molecule has 1 aromatic carbocycles. The number of likely N-dealkylation sites (tertiary alicyclic amines) is 1. The van der Waals surface area contributed by atoms with E-state index in [1.165, 1.54) is 23.1 Å². The Labute approximate surface area is 136 Å². The predicted molar refractivity (Wildman–Crippen MR) is 80.4 cm³/mol. The van der Waals surface area contributed by atoms with Crippen molar-refractivity contribution in [3.8, 4) is 0 Å². The van der Waals surface area contributed by atoms with E-state index in [2.05, 4.69) is 5.32 Å². The third-order valence-electron chi connectivity index (χ3n) is 3.90. The summed E-state index contributed by atoms with van der Waals surface area (Å²) in [4.78, 5) is 23.6. The fourth-order valence-electron chi connectivity index (χ4n) is 2.81. The number of nitro benzene ring substituents is 1. The van der Waals surface area contributed by atoms with Crippen LogP contribution >= 0.6 is 0 Å². The molecule has 1 aliphatic heterocycles. The Bertz CT molecular complexity index is 607. The average Bonchev–Trinajstić information content (AvgIpc) is 2.91. The van der Waals surface area contributed by atoms with Crippen LogP contribution < -0.4 is 5.32 Å². The molecule has 9 heteroatoms. The average molecular weight is 345 g/mol. The quantitative estimate of drug-likeness (QED) is 0.633. The molecule has 1 saturated heterocycles. The molecule has 1 aromatic rings. The second-order valence-electron chi connectivity index (χ2n) is 5.87. The highest BCUT2D eigenvalue weighted by atomic mass is 19.4. The number of benzene rings is 1. The number of alkyl halides is 3. The topological polar surface area (TPSA) is 75.5 Å². The lowest BCUT2D eigenvalue weighted by Gasteiger charge is -2.18. The molecule has 1 fully saturated rings. The standard InChI is InChI=1S/C15H18F3N3O3/c16-15(17,18)10-20-6-5-11(9-20)8-19-14(22)7-12-3-1-2-4-13(12)21(23)24/h1-4,11H,5-10H2,(H,19,22). The molecule has 0 aromatic heterocycles. The van der Waals surface area contributed by atoms with Crippen molar-refractivity contribution in [2.24, 2.45) is 5.92 Å². The molecule has 0 bridgehead atoms. The zero-order valence-electron chi connectivity index (χ0n) is 12.9. The Morgan fingerprint density at radius 1 is 1.38 bits per heavy atom. The van der Waals surface area contributed by atoms with Gasteiger partial charge in [0.05, 0.1) is 17.9 Å². The van der Waals surface area contributed by atoms with Crippen LogP contribution in [0.15, 0.2) is 24.3 Å². The van der Waals surface area contributed by atoms with Crippen molar-refractivity contribution in [1.29, 1.82) is 0 Å². The second-order valence-corrected chi connectivity index (χ2v) is 5.87. The minimum atomic E-state index is -4.22. The Hall–Kier alpha value is -2.16. The number of nitro groups is 1. The molecule has 2 rings (SSSR count). The number of nitrogens with one attached hydrogen (secondary N) is 1. The van der Waals surface area contributed by atoms with Gasteiger partial charge in [0.25, 0.3) is 5.69 Å². The summed E-state index contributed by atoms with van der Waals surface area (Å²) >= 11 is 0. The summed E-state index contributed by atoms with van der Waals surface area (Å²) in [6.07, 6.45) is -3.76. The number of carbonyl (C=O) groups is 1. The van der Waals surface area contributed by atoms with Gasteiger partial charge in [0.2, 0.25) is 5.91 Å². The number of carbonyl (C=O) groups excluding carboxylic acids is 1. The highest BCUT2D eigenvalue weighted by molar-refractivity contribution is 5.79. The highest BCUT2D eigenvalue weighted by Gasteiger charge is 2.34. The first-order valence-electron chi connectivity index (χ1n) is 7.52. The fourth-order valence-corrected chi connectivity index (χ4v) is 2.81. The Morgan fingerprint density at radius 2 is 2.08 bits per heavy atom. The van der Waals surface area contributed by atoms with Gasteiger partial charge in [0, 0.05) is 24.7 Å². The normalized spacial score (nSPS) is 18.5. The first-order chi connectivity index (χ1) is 11.2. The van der Waals surface area contributed by atoms with Crippen LogP contribution in [0.1, 0.15) is 12.0 Å². The van der Waals surface area contributed by atoms with Crippen molar-refractivity contribution in [2.45, 2.75) is 19.0 Å². The van der Waals surface area contributed by atoms with Gasteiger partial charge in [0.15, 0.2) is 0 Å². The molecule has 24 heavy (non-hydrogen) atoms. The second kappa shape index (κ2) is 7.61. The van der Waals surface area contributed by atoms with Gasteiger partial charge in [-0.1, -0.05) is 18.2 Å². The van der Waals surface area contributed by atoms with E-state index in [-0.39, 0.29) is 37.0 Å². The molecular formula is C15H18F3N3O3. The highest BCUT2D eigenvalue weighted by Crippen LogP contribution is 2.22. The number of hydrogen-bond donors (Lipinski definition) is 1. The summed E-state index contributed by atoms with van der Waals surface area (Å²) in [6.45, 7) is -0.0308. The number of hydrogen-bond acceptors (Lipinski definition) is 4. The van der Waals surface area contributed by atoms with E-state index in [1.54, 1.807) is 6.07 Å². The Kier molecular flexibility index (Phi) is 5.76. The summed E-state index contributed by atoms with van der Waals surface area (Å²) in [5, 5.41) is 13.6. The molecule has 0 radical (unpaired) electrons. The summed E-state index contributed by atoms with van der Waals surface area (Å²) in [5.41, 5.74) is 0.190. The van der Waals surface area contributed by atoms with Crippen LogP contribution in [0.2, 0.25) is 0 Å². The molecule has 1 unspecified atom stereocenters. The molecule has 0 saturated carbocycles. The van der Waals surface area contributed by atoms with E-state index in [0.29, 0.717) is 18.5 Å². The van der Waals surface area contributed by atoms with Gasteiger partial charge in [-0.3, -0.25) is 19.8 Å². The van der Waals surface area contributed by atoms with Crippen LogP contribution in [-0.4, -0.2) is 48.1 Å². The van der Waals surface area contributed by atoms with Crippen LogP contribution in [-0.2, 0) is 11.2 Å². The van der Waals surface area contributed by atoms with Crippen molar-refractivity contribution < 1.29 is 22.9 Å². The molecule has 1 heterocycles. The van der Waals surface area contributed by atoms with Crippen molar-refractivity contribution >= 4 is 11.6 Å². The van der Waals surface area contributed by atoms with Crippen LogP contribution in [0.3, 0.4) is 0 Å². The number of rotatable bonds is 6. The molecule has 1 amide bonds. The maximum absolute atomic E-state index is 12.3. The lowest BCUT2D eigenvalue weighted by atomic mass is 10.1. The van der Waals surface area contributed by atoms with E-state index in [4.69, 9.17) is 0 Å². The number of halogens is 3. The lowest BCUT2D eigenvalue weighted by Crippen LogP contribution is -2.35. The van der Waals surface area contributed by atoms with E-state index in [9.17, 15) is 28.1 Å². The van der Waals surface area contributed by atoms with Crippen LogP contribution in [0.25, 0.3) is 0 Å². The van der Waals surface area contributed by atoms with Gasteiger partial charge in [-0.15, -0.1) is 0 Å². The molecule has 1 atom stereocenters. The Morgan fingerprint density at radius 3 is 2.75 bits per heavy atom. The predicted octanol–water partition coefficient (Wildman–Crippen LogP) is 2.14. The summed E-state index contributed by atoms with van der Waals surface area (Å²) in [6, 6.07) is 5.97. The van der Waals surface area contributed by atoms with Gasteiger partial charge in [-0.2, -0.15) is 13.2 Å². The number of para-hydroxylation sites is 1. The number of amides is 1. The molecule has 1 N–H and O–H groups in total. The van der Waals surface area contributed by atoms with Crippen LogP contribution in [0.4, 0.5) is 18.9 Å². The molecule has 1 aliphatic rings. The maximum atomic E-state index is 12.3. The van der Waals surface area contributed by atoms with Gasteiger partial charge >= 0.3 is 6.18 Å². The van der Waals surface area contributed by atoms with E-state index in [1.807, 2.05) is 0 Å². The summed E-state index contributed by atoms with van der Waals surface area (Å²) < 4.78 is 37.0. The molecule has 6 nitrogen and oxygen atoms in total.